The highest BCUT2D eigenvalue weighted by Crippen LogP contribution is 2.10. The molecule has 0 aliphatic carbocycles. The van der Waals surface area contributed by atoms with Crippen LogP contribution in [0.4, 0.5) is 4.39 Å². The van der Waals surface area contributed by atoms with Crippen molar-refractivity contribution in [2.75, 3.05) is 12.8 Å². The molecular weight excluding hydrogens is 343 g/mol. The third-order valence-electron chi connectivity index (χ3n) is 3.63. The SMILES string of the molecule is Cc1cccc(CNC(=O)CN(Cc2ccc(F)cc2)S(C)(=O)=O)c1. The lowest BCUT2D eigenvalue weighted by molar-refractivity contribution is -0.121. The van der Waals surface area contributed by atoms with Gasteiger partial charge < -0.3 is 5.32 Å². The molecule has 2 rings (SSSR count). The smallest absolute Gasteiger partial charge is 0.235 e. The van der Waals surface area contributed by atoms with Crippen LogP contribution in [-0.2, 0) is 27.9 Å². The molecule has 134 valence electrons. The summed E-state index contributed by atoms with van der Waals surface area (Å²) >= 11 is 0. The number of carbonyl (C=O) groups is 1. The van der Waals surface area contributed by atoms with Crippen molar-refractivity contribution >= 4 is 15.9 Å². The maximum atomic E-state index is 13.0. The Morgan fingerprint density at radius 1 is 1.12 bits per heavy atom. The summed E-state index contributed by atoms with van der Waals surface area (Å²) in [5.74, 6) is -0.792. The number of hydrogen-bond donors (Lipinski definition) is 1. The molecule has 25 heavy (non-hydrogen) atoms. The number of carbonyl (C=O) groups excluding carboxylic acids is 1. The molecule has 0 bridgehead atoms. The van der Waals surface area contributed by atoms with Crippen LogP contribution in [0.15, 0.2) is 48.5 Å². The number of amides is 1. The van der Waals surface area contributed by atoms with Crippen molar-refractivity contribution in [2.45, 2.75) is 20.0 Å². The summed E-state index contributed by atoms with van der Waals surface area (Å²) in [4.78, 5) is 12.1. The summed E-state index contributed by atoms with van der Waals surface area (Å²) in [7, 11) is -3.58. The number of nitrogens with zero attached hydrogens (tertiary/aromatic N) is 1. The van der Waals surface area contributed by atoms with Gasteiger partial charge in [-0.25, -0.2) is 12.8 Å². The molecule has 0 aromatic heterocycles. The first-order valence-electron chi connectivity index (χ1n) is 7.76. The zero-order valence-electron chi connectivity index (χ0n) is 14.2. The molecule has 0 atom stereocenters. The normalized spacial score (nSPS) is 11.5. The van der Waals surface area contributed by atoms with Gasteiger partial charge in [-0.1, -0.05) is 42.0 Å². The molecule has 0 aliphatic heterocycles. The van der Waals surface area contributed by atoms with E-state index in [9.17, 15) is 17.6 Å². The van der Waals surface area contributed by atoms with E-state index in [1.165, 1.54) is 24.3 Å². The molecule has 2 aromatic carbocycles. The Labute approximate surface area is 147 Å². The Kier molecular flexibility index (Phi) is 6.27. The lowest BCUT2D eigenvalue weighted by atomic mass is 10.1. The molecule has 0 unspecified atom stereocenters. The molecule has 1 N–H and O–H groups in total. The Hall–Kier alpha value is -2.25. The Balaban J connectivity index is 1.99. The highest BCUT2D eigenvalue weighted by molar-refractivity contribution is 7.88. The highest BCUT2D eigenvalue weighted by atomic mass is 32.2. The minimum Gasteiger partial charge on any atom is -0.351 e. The minimum absolute atomic E-state index is 0.0109. The molecule has 0 saturated carbocycles. The number of nitrogens with one attached hydrogen (secondary N) is 1. The average Bonchev–Trinajstić information content (AvgIpc) is 2.53. The van der Waals surface area contributed by atoms with Crippen LogP contribution < -0.4 is 5.32 Å². The van der Waals surface area contributed by atoms with E-state index in [2.05, 4.69) is 5.32 Å². The van der Waals surface area contributed by atoms with Crippen molar-refractivity contribution in [3.63, 3.8) is 0 Å². The van der Waals surface area contributed by atoms with Crippen molar-refractivity contribution in [1.29, 1.82) is 0 Å². The molecule has 2 aromatic rings. The van der Waals surface area contributed by atoms with Crippen LogP contribution in [0.2, 0.25) is 0 Å². The van der Waals surface area contributed by atoms with E-state index in [0.29, 0.717) is 12.1 Å². The standard InChI is InChI=1S/C18H21FN2O3S/c1-14-4-3-5-16(10-14)11-20-18(22)13-21(25(2,23)24)12-15-6-8-17(19)9-7-15/h3-10H,11-13H2,1-2H3,(H,20,22). The monoisotopic (exact) mass is 364 g/mol. The van der Waals surface area contributed by atoms with E-state index in [0.717, 1.165) is 21.7 Å². The predicted molar refractivity (Wildman–Crippen MR) is 94.7 cm³/mol. The van der Waals surface area contributed by atoms with Crippen molar-refractivity contribution in [3.05, 3.63) is 71.0 Å². The first-order chi connectivity index (χ1) is 11.7. The van der Waals surface area contributed by atoms with E-state index in [-0.39, 0.29) is 13.1 Å². The van der Waals surface area contributed by atoms with Gasteiger partial charge in [-0.15, -0.1) is 0 Å². The zero-order valence-corrected chi connectivity index (χ0v) is 15.0. The van der Waals surface area contributed by atoms with Crippen molar-refractivity contribution in [2.24, 2.45) is 0 Å². The van der Waals surface area contributed by atoms with Crippen LogP contribution in [0.3, 0.4) is 0 Å². The largest absolute Gasteiger partial charge is 0.351 e. The molecule has 0 heterocycles. The lowest BCUT2D eigenvalue weighted by Crippen LogP contribution is -2.39. The fourth-order valence-corrected chi connectivity index (χ4v) is 3.06. The zero-order chi connectivity index (χ0) is 18.4. The summed E-state index contributed by atoms with van der Waals surface area (Å²) in [6, 6.07) is 13.2. The second kappa shape index (κ2) is 8.22. The summed E-state index contributed by atoms with van der Waals surface area (Å²) in [5, 5.41) is 2.72. The van der Waals surface area contributed by atoms with E-state index in [1.54, 1.807) is 0 Å². The van der Waals surface area contributed by atoms with Crippen LogP contribution in [0, 0.1) is 12.7 Å². The Morgan fingerprint density at radius 3 is 2.40 bits per heavy atom. The molecule has 7 heteroatoms. The van der Waals surface area contributed by atoms with Crippen LogP contribution in [0.5, 0.6) is 0 Å². The topological polar surface area (TPSA) is 66.5 Å². The van der Waals surface area contributed by atoms with Gasteiger partial charge >= 0.3 is 0 Å². The fraction of sp³-hybridized carbons (Fsp3) is 0.278. The Morgan fingerprint density at radius 2 is 1.80 bits per heavy atom. The van der Waals surface area contributed by atoms with Crippen LogP contribution >= 0.6 is 0 Å². The molecule has 0 fully saturated rings. The fourth-order valence-electron chi connectivity index (χ4n) is 2.32. The van der Waals surface area contributed by atoms with Crippen LogP contribution in [0.1, 0.15) is 16.7 Å². The minimum atomic E-state index is -3.58. The summed E-state index contributed by atoms with van der Waals surface area (Å²) in [6.07, 6.45) is 1.05. The van der Waals surface area contributed by atoms with Crippen molar-refractivity contribution < 1.29 is 17.6 Å². The molecule has 0 saturated heterocycles. The van der Waals surface area contributed by atoms with Gasteiger partial charge in [0.2, 0.25) is 15.9 Å². The molecule has 5 nitrogen and oxygen atoms in total. The maximum Gasteiger partial charge on any atom is 0.235 e. The maximum absolute atomic E-state index is 13.0. The summed E-state index contributed by atoms with van der Waals surface area (Å²) < 4.78 is 37.9. The summed E-state index contributed by atoms with van der Waals surface area (Å²) in [5.41, 5.74) is 2.64. The second-order valence-corrected chi connectivity index (χ2v) is 7.91. The Bertz CT molecular complexity index is 836. The van der Waals surface area contributed by atoms with Gasteiger partial charge in [0.1, 0.15) is 5.82 Å². The first kappa shape index (κ1) is 19.1. The van der Waals surface area contributed by atoms with Crippen molar-refractivity contribution in [3.8, 4) is 0 Å². The van der Waals surface area contributed by atoms with Crippen molar-refractivity contribution in [1.82, 2.24) is 9.62 Å². The quantitative estimate of drug-likeness (QED) is 0.819. The van der Waals surface area contributed by atoms with Gasteiger partial charge in [-0.2, -0.15) is 4.31 Å². The van der Waals surface area contributed by atoms with E-state index >= 15 is 0 Å². The summed E-state index contributed by atoms with van der Waals surface area (Å²) in [6.45, 7) is 2.01. The van der Waals surface area contributed by atoms with Gasteiger partial charge in [-0.3, -0.25) is 4.79 Å². The van der Waals surface area contributed by atoms with Crippen LogP contribution in [-0.4, -0.2) is 31.4 Å². The molecule has 1 amide bonds. The number of benzene rings is 2. The van der Waals surface area contributed by atoms with Gasteiger partial charge in [0.05, 0.1) is 12.8 Å². The van der Waals surface area contributed by atoms with Gasteiger partial charge in [0.15, 0.2) is 0 Å². The molecule has 0 aliphatic rings. The van der Waals surface area contributed by atoms with Crippen LogP contribution in [0.25, 0.3) is 0 Å². The van der Waals surface area contributed by atoms with E-state index < -0.39 is 21.7 Å². The molecular formula is C18H21FN2O3S. The average molecular weight is 364 g/mol. The van der Waals surface area contributed by atoms with Gasteiger partial charge in [-0.05, 0) is 30.2 Å². The van der Waals surface area contributed by atoms with Gasteiger partial charge in [0.25, 0.3) is 0 Å². The molecule has 0 spiro atoms. The number of rotatable bonds is 7. The molecule has 0 radical (unpaired) electrons. The third-order valence-corrected chi connectivity index (χ3v) is 4.83. The number of halogens is 1. The first-order valence-corrected chi connectivity index (χ1v) is 9.60. The number of sulfonamides is 1. The van der Waals surface area contributed by atoms with Gasteiger partial charge in [0, 0.05) is 13.1 Å². The predicted octanol–water partition coefficient (Wildman–Crippen LogP) is 2.21. The third kappa shape index (κ3) is 6.28. The van der Waals surface area contributed by atoms with E-state index in [4.69, 9.17) is 0 Å². The van der Waals surface area contributed by atoms with E-state index in [1.807, 2.05) is 31.2 Å². The number of aryl methyl sites for hydroxylation is 1. The highest BCUT2D eigenvalue weighted by Gasteiger charge is 2.20. The number of hydrogen-bond acceptors (Lipinski definition) is 3. The second-order valence-electron chi connectivity index (χ2n) is 5.92. The lowest BCUT2D eigenvalue weighted by Gasteiger charge is -2.19.